The number of hydrogen-bond acceptors (Lipinski definition) is 4. The predicted molar refractivity (Wildman–Crippen MR) is 74.3 cm³/mol. The van der Waals surface area contributed by atoms with Gasteiger partial charge in [0.25, 0.3) is 0 Å². The van der Waals surface area contributed by atoms with Gasteiger partial charge < -0.3 is 14.4 Å². The first kappa shape index (κ1) is 14.1. The second kappa shape index (κ2) is 5.36. The van der Waals surface area contributed by atoms with Gasteiger partial charge in [-0.05, 0) is 30.5 Å². The average Bonchev–Trinajstić information content (AvgIpc) is 2.79. The van der Waals surface area contributed by atoms with E-state index in [2.05, 4.69) is 19.0 Å². The zero-order chi connectivity index (χ0) is 14.9. The van der Waals surface area contributed by atoms with Crippen molar-refractivity contribution in [3.8, 4) is 17.0 Å². The molecule has 0 unspecified atom stereocenters. The number of carboxylic acid groups (broad SMARTS) is 1. The molecule has 0 bridgehead atoms. The highest BCUT2D eigenvalue weighted by atomic mass is 16.5. The highest BCUT2D eigenvalue weighted by Crippen LogP contribution is 2.35. The van der Waals surface area contributed by atoms with Gasteiger partial charge in [-0.1, -0.05) is 25.1 Å². The van der Waals surface area contributed by atoms with Gasteiger partial charge in [0.15, 0.2) is 0 Å². The number of ether oxygens (including phenoxy) is 1. The molecule has 0 aliphatic heterocycles. The molecule has 0 aliphatic carbocycles. The molecule has 0 amide bonds. The molecule has 0 saturated carbocycles. The number of benzene rings is 1. The molecule has 20 heavy (non-hydrogen) atoms. The number of aromatic nitrogens is 1. The highest BCUT2D eigenvalue weighted by Gasteiger charge is 2.23. The summed E-state index contributed by atoms with van der Waals surface area (Å²) in [5.74, 6) is 0.117. The van der Waals surface area contributed by atoms with Crippen molar-refractivity contribution in [2.75, 3.05) is 7.11 Å². The molecule has 1 aromatic carbocycles. The predicted octanol–water partition coefficient (Wildman–Crippen LogP) is 3.48. The highest BCUT2D eigenvalue weighted by molar-refractivity contribution is 5.96. The molecule has 0 spiro atoms. The quantitative estimate of drug-likeness (QED) is 0.924. The zero-order valence-corrected chi connectivity index (χ0v) is 11.9. The summed E-state index contributed by atoms with van der Waals surface area (Å²) >= 11 is 0. The molecule has 1 heterocycles. The third-order valence-electron chi connectivity index (χ3n) is 3.22. The molecule has 0 fully saturated rings. The van der Waals surface area contributed by atoms with Gasteiger partial charge in [-0.15, -0.1) is 0 Å². The van der Waals surface area contributed by atoms with E-state index >= 15 is 0 Å². The Morgan fingerprint density at radius 1 is 1.40 bits per heavy atom. The summed E-state index contributed by atoms with van der Waals surface area (Å²) in [6.07, 6.45) is 0. The molecule has 0 saturated heterocycles. The van der Waals surface area contributed by atoms with Crippen molar-refractivity contribution in [3.05, 3.63) is 35.1 Å². The number of nitrogens with zero attached hydrogens (tertiary/aromatic N) is 1. The summed E-state index contributed by atoms with van der Waals surface area (Å²) in [4.78, 5) is 11.4. The lowest BCUT2D eigenvalue weighted by Gasteiger charge is -2.11. The first-order valence-corrected chi connectivity index (χ1v) is 6.33. The van der Waals surface area contributed by atoms with E-state index < -0.39 is 5.97 Å². The summed E-state index contributed by atoms with van der Waals surface area (Å²) in [5, 5.41) is 13.2. The van der Waals surface area contributed by atoms with Gasteiger partial charge >= 0.3 is 5.97 Å². The Balaban J connectivity index is 2.67. The maximum absolute atomic E-state index is 11.4. The van der Waals surface area contributed by atoms with Crippen LogP contribution in [-0.4, -0.2) is 23.3 Å². The largest absolute Gasteiger partial charge is 0.496 e. The van der Waals surface area contributed by atoms with Crippen molar-refractivity contribution < 1.29 is 19.2 Å². The smallest absolute Gasteiger partial charge is 0.341 e. The minimum Gasteiger partial charge on any atom is -0.496 e. The van der Waals surface area contributed by atoms with Gasteiger partial charge in [-0.3, -0.25) is 0 Å². The van der Waals surface area contributed by atoms with E-state index in [0.29, 0.717) is 22.9 Å². The molecular formula is C15H17NO4. The fourth-order valence-corrected chi connectivity index (χ4v) is 2.08. The van der Waals surface area contributed by atoms with Crippen LogP contribution < -0.4 is 4.74 Å². The van der Waals surface area contributed by atoms with Crippen LogP contribution >= 0.6 is 0 Å². The molecule has 5 nitrogen and oxygen atoms in total. The Hall–Kier alpha value is -2.30. The molecule has 2 rings (SSSR count). The minimum atomic E-state index is -1.06. The van der Waals surface area contributed by atoms with Crippen molar-refractivity contribution in [1.82, 2.24) is 5.16 Å². The Bertz CT molecular complexity index is 643. The maximum Gasteiger partial charge on any atom is 0.341 e. The van der Waals surface area contributed by atoms with Gasteiger partial charge in [0.2, 0.25) is 0 Å². The van der Waals surface area contributed by atoms with E-state index in [1.54, 1.807) is 14.0 Å². The Labute approximate surface area is 117 Å². The zero-order valence-electron chi connectivity index (χ0n) is 11.9. The minimum absolute atomic E-state index is 0.0733. The van der Waals surface area contributed by atoms with E-state index in [1.807, 2.05) is 18.2 Å². The summed E-state index contributed by atoms with van der Waals surface area (Å²) in [7, 11) is 1.54. The summed E-state index contributed by atoms with van der Waals surface area (Å²) < 4.78 is 10.3. The van der Waals surface area contributed by atoms with E-state index in [0.717, 1.165) is 5.56 Å². The normalized spacial score (nSPS) is 10.8. The maximum atomic E-state index is 11.4. The van der Waals surface area contributed by atoms with Crippen LogP contribution in [-0.2, 0) is 0 Å². The molecule has 0 aliphatic rings. The average molecular weight is 275 g/mol. The third kappa shape index (κ3) is 2.39. The molecule has 1 aromatic heterocycles. The number of carboxylic acids is 1. The van der Waals surface area contributed by atoms with Crippen molar-refractivity contribution in [3.63, 3.8) is 0 Å². The van der Waals surface area contributed by atoms with E-state index in [4.69, 9.17) is 9.26 Å². The lowest BCUT2D eigenvalue weighted by molar-refractivity contribution is 0.0696. The summed E-state index contributed by atoms with van der Waals surface area (Å²) in [6.45, 7) is 5.72. The number of aromatic carboxylic acids is 1. The first-order chi connectivity index (χ1) is 9.45. The number of aryl methyl sites for hydroxylation is 1. The fourth-order valence-electron chi connectivity index (χ4n) is 2.08. The van der Waals surface area contributed by atoms with Crippen LogP contribution in [0.3, 0.4) is 0 Å². The molecule has 2 aromatic rings. The van der Waals surface area contributed by atoms with Crippen LogP contribution in [0.5, 0.6) is 5.75 Å². The monoisotopic (exact) mass is 275 g/mol. The van der Waals surface area contributed by atoms with E-state index in [1.165, 1.54) is 0 Å². The number of rotatable bonds is 4. The van der Waals surface area contributed by atoms with Gasteiger partial charge in [0.05, 0.1) is 7.11 Å². The van der Waals surface area contributed by atoms with Gasteiger partial charge in [0, 0.05) is 5.56 Å². The van der Waals surface area contributed by atoms with Crippen molar-refractivity contribution in [1.29, 1.82) is 0 Å². The third-order valence-corrected chi connectivity index (χ3v) is 3.22. The lowest BCUT2D eigenvalue weighted by atomic mass is 9.97. The van der Waals surface area contributed by atoms with Crippen molar-refractivity contribution in [2.45, 2.75) is 26.7 Å². The lowest BCUT2D eigenvalue weighted by Crippen LogP contribution is -2.01. The van der Waals surface area contributed by atoms with Gasteiger partial charge in [-0.25, -0.2) is 4.79 Å². The molecule has 0 atom stereocenters. The number of carbonyl (C=O) groups is 1. The topological polar surface area (TPSA) is 72.6 Å². The number of hydrogen-bond donors (Lipinski definition) is 1. The standard InChI is InChI=1S/C15H17NO4/c1-8(2)10-5-6-12(19-4)11(7-10)14-13(15(17)18)9(3)20-16-14/h5-8H,1-4H3,(H,17,18). The Morgan fingerprint density at radius 3 is 2.65 bits per heavy atom. The van der Waals surface area contributed by atoms with E-state index in [-0.39, 0.29) is 11.3 Å². The van der Waals surface area contributed by atoms with Gasteiger partial charge in [-0.2, -0.15) is 0 Å². The Kier molecular flexibility index (Phi) is 3.79. The number of methoxy groups -OCH3 is 1. The van der Waals surface area contributed by atoms with Crippen LogP contribution in [0, 0.1) is 6.92 Å². The van der Waals surface area contributed by atoms with Crippen LogP contribution in [0.4, 0.5) is 0 Å². The molecule has 106 valence electrons. The molecule has 1 N–H and O–H groups in total. The fraction of sp³-hybridized carbons (Fsp3) is 0.333. The van der Waals surface area contributed by atoms with Gasteiger partial charge in [0.1, 0.15) is 22.8 Å². The van der Waals surface area contributed by atoms with Crippen LogP contribution in [0.2, 0.25) is 0 Å². The Morgan fingerprint density at radius 2 is 2.10 bits per heavy atom. The second-order valence-electron chi connectivity index (χ2n) is 4.88. The second-order valence-corrected chi connectivity index (χ2v) is 4.88. The SMILES string of the molecule is COc1ccc(C(C)C)cc1-c1noc(C)c1C(=O)O. The molecule has 0 radical (unpaired) electrons. The molecule has 5 heteroatoms. The first-order valence-electron chi connectivity index (χ1n) is 6.33. The van der Waals surface area contributed by atoms with Crippen LogP contribution in [0.25, 0.3) is 11.3 Å². The van der Waals surface area contributed by atoms with Crippen molar-refractivity contribution >= 4 is 5.97 Å². The van der Waals surface area contributed by atoms with Crippen LogP contribution in [0.1, 0.15) is 41.4 Å². The summed E-state index contributed by atoms with van der Waals surface area (Å²) in [6, 6.07) is 5.67. The summed E-state index contributed by atoms with van der Waals surface area (Å²) in [5.41, 5.74) is 2.09. The van der Waals surface area contributed by atoms with Crippen molar-refractivity contribution in [2.24, 2.45) is 0 Å². The molecular weight excluding hydrogens is 258 g/mol. The van der Waals surface area contributed by atoms with E-state index in [9.17, 15) is 9.90 Å². The van der Waals surface area contributed by atoms with Crippen LogP contribution in [0.15, 0.2) is 22.7 Å².